The Balaban J connectivity index is 2.16. The Morgan fingerprint density at radius 2 is 1.83 bits per heavy atom. The van der Waals surface area contributed by atoms with Gasteiger partial charge in [0.2, 0.25) is 0 Å². The van der Waals surface area contributed by atoms with Crippen molar-refractivity contribution < 1.29 is 30.3 Å². The molecule has 0 unspecified atom stereocenters. The minimum atomic E-state index is -1.41. The van der Waals surface area contributed by atoms with Crippen molar-refractivity contribution in [3.8, 4) is 5.75 Å². The summed E-state index contributed by atoms with van der Waals surface area (Å²) in [7, 11) is 1.83. The second-order valence-electron chi connectivity index (χ2n) is 7.93. The molecule has 2 aromatic rings. The minimum Gasteiger partial charge on any atom is -0.507 e. The highest BCUT2D eigenvalue weighted by atomic mass is 16.6. The Morgan fingerprint density at radius 1 is 1.13 bits per heavy atom. The molecule has 1 aromatic heterocycles. The highest BCUT2D eigenvalue weighted by molar-refractivity contribution is 5.89. The first-order chi connectivity index (χ1) is 14.1. The third kappa shape index (κ3) is 4.28. The lowest BCUT2D eigenvalue weighted by Gasteiger charge is -2.25. The Labute approximate surface area is 175 Å². The number of fused-ring (bicyclic) bond motifs is 3. The van der Waals surface area contributed by atoms with Crippen LogP contribution in [0.3, 0.4) is 0 Å². The van der Waals surface area contributed by atoms with E-state index < -0.39 is 30.7 Å². The average Bonchev–Trinajstić information content (AvgIpc) is 2.98. The number of aromatic nitrogens is 2. The Bertz CT molecular complexity index is 966. The van der Waals surface area contributed by atoms with Crippen LogP contribution in [0.1, 0.15) is 43.5 Å². The number of ether oxygens (including phenoxy) is 1. The third-order valence-corrected chi connectivity index (χ3v) is 5.81. The molecule has 3 rings (SSSR count). The fourth-order valence-electron chi connectivity index (χ4n) is 3.54. The Hall–Kier alpha value is -2.23. The first-order valence-electron chi connectivity index (χ1n) is 10.0. The smallest absolute Gasteiger partial charge is 0.185 e. The molecular weight excluding hydrogens is 388 g/mol. The molecule has 164 valence electrons. The molecule has 1 aliphatic heterocycles. The van der Waals surface area contributed by atoms with Gasteiger partial charge in [0.15, 0.2) is 6.29 Å². The maximum Gasteiger partial charge on any atom is 0.185 e. The molecule has 0 radical (unpaired) electrons. The van der Waals surface area contributed by atoms with Crippen molar-refractivity contribution in [2.24, 2.45) is 13.0 Å². The second kappa shape index (κ2) is 8.87. The number of aliphatic hydroxyl groups is 4. The minimum absolute atomic E-state index is 0.0530. The summed E-state index contributed by atoms with van der Waals surface area (Å²) in [5.74, 6) is 0.381. The molecule has 1 aromatic carbocycles. The number of aryl methyl sites for hydroxylation is 2. The van der Waals surface area contributed by atoms with Crippen LogP contribution in [0, 0.1) is 12.8 Å². The molecule has 8 heteroatoms. The van der Waals surface area contributed by atoms with Gasteiger partial charge in [0, 0.05) is 24.6 Å². The van der Waals surface area contributed by atoms with Crippen LogP contribution in [0.4, 0.5) is 0 Å². The number of aromatic hydroxyl groups is 1. The van der Waals surface area contributed by atoms with E-state index in [-0.39, 0.29) is 23.7 Å². The van der Waals surface area contributed by atoms with Crippen molar-refractivity contribution in [3.63, 3.8) is 0 Å². The van der Waals surface area contributed by atoms with Gasteiger partial charge >= 0.3 is 0 Å². The van der Waals surface area contributed by atoms with Crippen molar-refractivity contribution in [1.82, 2.24) is 9.55 Å². The molecule has 0 saturated heterocycles. The second-order valence-corrected chi connectivity index (χ2v) is 7.93. The molecule has 5 N–H and O–H groups in total. The molecule has 0 bridgehead atoms. The number of rotatable bonds is 0. The molecule has 0 fully saturated rings. The van der Waals surface area contributed by atoms with Gasteiger partial charge in [-0.25, -0.2) is 4.98 Å². The summed E-state index contributed by atoms with van der Waals surface area (Å²) in [5.41, 5.74) is 1.91. The van der Waals surface area contributed by atoms with Gasteiger partial charge in [-0.3, -0.25) is 0 Å². The topological polar surface area (TPSA) is 128 Å². The van der Waals surface area contributed by atoms with Gasteiger partial charge in [-0.2, -0.15) is 0 Å². The summed E-state index contributed by atoms with van der Waals surface area (Å²) in [4.78, 5) is 4.55. The fourth-order valence-corrected chi connectivity index (χ4v) is 3.54. The summed E-state index contributed by atoms with van der Waals surface area (Å²) < 4.78 is 7.59. The van der Waals surface area contributed by atoms with Crippen LogP contribution in [-0.2, 0) is 11.8 Å². The van der Waals surface area contributed by atoms with Crippen molar-refractivity contribution in [2.45, 2.75) is 57.9 Å². The van der Waals surface area contributed by atoms with Crippen LogP contribution in [0.2, 0.25) is 0 Å². The van der Waals surface area contributed by atoms with E-state index in [2.05, 4.69) is 4.98 Å². The molecule has 6 atom stereocenters. The Morgan fingerprint density at radius 3 is 2.53 bits per heavy atom. The summed E-state index contributed by atoms with van der Waals surface area (Å²) in [6.07, 6.45) is 0.692. The van der Waals surface area contributed by atoms with Crippen LogP contribution in [0.5, 0.6) is 5.75 Å². The number of phenols is 1. The van der Waals surface area contributed by atoms with Crippen molar-refractivity contribution in [3.05, 3.63) is 41.2 Å². The van der Waals surface area contributed by atoms with Gasteiger partial charge in [-0.1, -0.05) is 31.2 Å². The van der Waals surface area contributed by atoms with E-state index in [1.807, 2.05) is 25.5 Å². The van der Waals surface area contributed by atoms with Gasteiger partial charge in [-0.05, 0) is 20.3 Å². The molecule has 8 nitrogen and oxygen atoms in total. The number of imidazole rings is 1. The zero-order chi connectivity index (χ0) is 22.2. The van der Waals surface area contributed by atoms with Crippen LogP contribution in [0.25, 0.3) is 17.1 Å². The zero-order valence-corrected chi connectivity index (χ0v) is 17.6. The molecule has 1 aliphatic rings. The fraction of sp³-hybridized carbons (Fsp3) is 0.500. The van der Waals surface area contributed by atoms with Gasteiger partial charge in [0.05, 0.1) is 28.8 Å². The summed E-state index contributed by atoms with van der Waals surface area (Å²) in [6.45, 7) is 5.43. The number of aliphatic hydroxyl groups excluding tert-OH is 4. The average molecular weight is 418 g/mol. The SMILES string of the molecule is Cc1nc2c3c(c(O)cc2n1C)[C@@H](O)O[C@@H](C)[C@H](C)/C=C\[C@H](O)[C@@H](O)[C@@H](O)CC=C3. The largest absolute Gasteiger partial charge is 0.507 e. The maximum atomic E-state index is 10.8. The van der Waals surface area contributed by atoms with Crippen molar-refractivity contribution in [2.75, 3.05) is 0 Å². The van der Waals surface area contributed by atoms with Crippen LogP contribution in [-0.4, -0.2) is 59.5 Å². The molecule has 0 aliphatic carbocycles. The lowest BCUT2D eigenvalue weighted by Crippen LogP contribution is -2.36. The zero-order valence-electron chi connectivity index (χ0n) is 17.6. The predicted molar refractivity (Wildman–Crippen MR) is 113 cm³/mol. The van der Waals surface area contributed by atoms with E-state index in [9.17, 15) is 25.5 Å². The maximum absolute atomic E-state index is 10.8. The number of benzene rings is 1. The summed E-state index contributed by atoms with van der Waals surface area (Å²) in [5, 5.41) is 52.1. The normalized spacial score (nSPS) is 32.0. The Kier molecular flexibility index (Phi) is 6.64. The lowest BCUT2D eigenvalue weighted by atomic mass is 9.98. The van der Waals surface area contributed by atoms with E-state index in [0.717, 1.165) is 5.82 Å². The number of hydrogen-bond acceptors (Lipinski definition) is 7. The van der Waals surface area contributed by atoms with Gasteiger partial charge in [0.25, 0.3) is 0 Å². The predicted octanol–water partition coefficient (Wildman–Crippen LogP) is 1.68. The molecule has 2 heterocycles. The lowest BCUT2D eigenvalue weighted by molar-refractivity contribution is -0.144. The molecule has 0 saturated carbocycles. The molecule has 30 heavy (non-hydrogen) atoms. The number of phenolic OH excluding ortho intramolecular Hbond substituents is 1. The van der Waals surface area contributed by atoms with Crippen LogP contribution < -0.4 is 0 Å². The van der Waals surface area contributed by atoms with Gasteiger partial charge < -0.3 is 34.8 Å². The monoisotopic (exact) mass is 418 g/mol. The third-order valence-electron chi connectivity index (χ3n) is 5.81. The quantitative estimate of drug-likeness (QED) is 0.412. The van der Waals surface area contributed by atoms with E-state index in [0.29, 0.717) is 16.6 Å². The van der Waals surface area contributed by atoms with Crippen LogP contribution in [0.15, 0.2) is 24.3 Å². The molecule has 0 spiro atoms. The number of nitrogens with zero attached hydrogens (tertiary/aromatic N) is 2. The van der Waals surface area contributed by atoms with Gasteiger partial charge in [0.1, 0.15) is 23.8 Å². The summed E-state index contributed by atoms with van der Waals surface area (Å²) in [6, 6.07) is 1.54. The highest BCUT2D eigenvalue weighted by Crippen LogP contribution is 2.37. The first kappa shape index (κ1) is 22.5. The summed E-state index contributed by atoms with van der Waals surface area (Å²) >= 11 is 0. The first-order valence-corrected chi connectivity index (χ1v) is 10.0. The van der Waals surface area contributed by atoms with Crippen molar-refractivity contribution >= 4 is 17.1 Å². The van der Waals surface area contributed by atoms with E-state index in [1.165, 1.54) is 6.08 Å². The molecule has 0 amide bonds. The van der Waals surface area contributed by atoms with E-state index in [1.54, 1.807) is 31.2 Å². The molecular formula is C22H30N2O6. The highest BCUT2D eigenvalue weighted by Gasteiger charge is 2.27. The van der Waals surface area contributed by atoms with E-state index >= 15 is 0 Å². The standard InChI is InChI=1S/C22H30N2O6/c1-11-8-9-17(26)21(28)16(25)7-5-6-14-19(22(29)30-12(11)2)18(27)10-15-20(14)23-13(3)24(15)4/h5-6,8-12,16-17,21-22,25-29H,7H2,1-4H3/b6-5?,9-8-/t11-,12+,16+,17+,21+,22+/m1/s1. The van der Waals surface area contributed by atoms with E-state index in [4.69, 9.17) is 4.74 Å². The van der Waals surface area contributed by atoms with Crippen molar-refractivity contribution in [1.29, 1.82) is 0 Å². The number of hydrogen-bond donors (Lipinski definition) is 5. The van der Waals surface area contributed by atoms with Gasteiger partial charge in [-0.15, -0.1) is 0 Å². The van der Waals surface area contributed by atoms with Crippen LogP contribution >= 0.6 is 0 Å².